The molecule has 0 bridgehead atoms. The lowest BCUT2D eigenvalue weighted by Gasteiger charge is -2.26. The van der Waals surface area contributed by atoms with E-state index in [9.17, 15) is 14.1 Å². The summed E-state index contributed by atoms with van der Waals surface area (Å²) in [5.41, 5.74) is 0.980. The van der Waals surface area contributed by atoms with Crippen LogP contribution in [0.15, 0.2) is 42.7 Å². The normalized spacial score (nSPS) is 19.5. The number of aliphatic carboxylic acids is 1. The molecule has 0 aliphatic heterocycles. The highest BCUT2D eigenvalue weighted by Crippen LogP contribution is 2.29. The molecule has 32 heavy (non-hydrogen) atoms. The number of benzene rings is 1. The van der Waals surface area contributed by atoms with Crippen molar-refractivity contribution in [1.29, 1.82) is 0 Å². The van der Waals surface area contributed by atoms with Gasteiger partial charge < -0.3 is 19.7 Å². The maximum absolute atomic E-state index is 11.2. The lowest BCUT2D eigenvalue weighted by Crippen LogP contribution is -2.29. The minimum atomic E-state index is -0.811. The van der Waals surface area contributed by atoms with Crippen LogP contribution in [0.4, 0.5) is 5.95 Å². The van der Waals surface area contributed by atoms with Gasteiger partial charge in [-0.2, -0.15) is 4.98 Å². The molecule has 1 fully saturated rings. The van der Waals surface area contributed by atoms with Crippen molar-refractivity contribution in [2.75, 3.05) is 23.9 Å². The van der Waals surface area contributed by atoms with E-state index in [1.807, 2.05) is 41.1 Å². The summed E-state index contributed by atoms with van der Waals surface area (Å²) in [6.07, 6.45) is 9.07. The van der Waals surface area contributed by atoms with Crippen LogP contribution in [0.1, 0.15) is 32.1 Å². The molecule has 1 atom stereocenters. The lowest BCUT2D eigenvalue weighted by molar-refractivity contribution is -0.142. The summed E-state index contributed by atoms with van der Waals surface area (Å²) in [4.78, 5) is 20.2. The lowest BCUT2D eigenvalue weighted by atomic mass is 9.86. The second kappa shape index (κ2) is 10.1. The monoisotopic (exact) mass is 456 g/mol. The Labute approximate surface area is 189 Å². The van der Waals surface area contributed by atoms with Crippen molar-refractivity contribution in [2.24, 2.45) is 5.92 Å². The van der Waals surface area contributed by atoms with E-state index in [-0.39, 0.29) is 12.0 Å². The van der Waals surface area contributed by atoms with Crippen LogP contribution >= 0.6 is 0 Å². The zero-order valence-corrected chi connectivity index (χ0v) is 18.9. The van der Waals surface area contributed by atoms with E-state index in [2.05, 4.69) is 15.3 Å². The minimum Gasteiger partial charge on any atom is -0.493 e. The van der Waals surface area contributed by atoms with Crippen molar-refractivity contribution in [3.8, 4) is 11.6 Å². The Morgan fingerprint density at radius 1 is 1.25 bits per heavy atom. The molecule has 3 aromatic rings. The maximum atomic E-state index is 11.2. The van der Waals surface area contributed by atoms with Crippen molar-refractivity contribution < 1.29 is 18.8 Å². The predicted octanol–water partition coefficient (Wildman–Crippen LogP) is 3.62. The van der Waals surface area contributed by atoms with Crippen LogP contribution in [0.25, 0.3) is 16.7 Å². The molecule has 4 rings (SSSR count). The first-order valence-corrected chi connectivity index (χ1v) is 12.6. The summed E-state index contributed by atoms with van der Waals surface area (Å²) in [5, 5.41) is 13.5. The van der Waals surface area contributed by atoms with Gasteiger partial charge in [0.05, 0.1) is 18.0 Å². The maximum Gasteiger partial charge on any atom is 0.306 e. The summed E-state index contributed by atoms with van der Waals surface area (Å²) in [5.74, 6) is 1.77. The Hall–Kier alpha value is -2.94. The van der Waals surface area contributed by atoms with Gasteiger partial charge in [0.25, 0.3) is 0 Å². The fourth-order valence-electron chi connectivity index (χ4n) is 4.13. The van der Waals surface area contributed by atoms with Gasteiger partial charge in [-0.15, -0.1) is 0 Å². The van der Waals surface area contributed by atoms with E-state index in [1.54, 1.807) is 12.5 Å². The number of carbonyl (C=O) groups is 1. The molecule has 0 saturated heterocycles. The Balaban J connectivity index is 1.47. The number of fused-ring (bicyclic) bond motifs is 1. The fraction of sp³-hybridized carbons (Fsp3) is 0.435. The second-order valence-corrected chi connectivity index (χ2v) is 9.68. The van der Waals surface area contributed by atoms with Crippen LogP contribution in [-0.4, -0.2) is 54.5 Å². The zero-order valence-electron chi connectivity index (χ0n) is 18.1. The fourth-order valence-corrected chi connectivity index (χ4v) is 4.65. The van der Waals surface area contributed by atoms with Crippen molar-refractivity contribution in [2.45, 2.75) is 38.1 Å². The van der Waals surface area contributed by atoms with Crippen LogP contribution in [0.3, 0.4) is 0 Å². The molecule has 0 amide bonds. The number of carboxylic acid groups (broad SMARTS) is 1. The molecule has 2 heterocycles. The van der Waals surface area contributed by atoms with Gasteiger partial charge in [0.2, 0.25) is 5.95 Å². The third-order valence-electron chi connectivity index (χ3n) is 5.82. The summed E-state index contributed by atoms with van der Waals surface area (Å²) in [7, 11) is -0.811. The first-order valence-electron chi connectivity index (χ1n) is 10.9. The number of carboxylic acids is 1. The number of rotatable bonds is 9. The third-order valence-corrected chi connectivity index (χ3v) is 6.69. The summed E-state index contributed by atoms with van der Waals surface area (Å²) >= 11 is 0. The number of nitrogens with zero attached hydrogens (tertiary/aromatic N) is 3. The molecular weight excluding hydrogens is 428 g/mol. The third kappa shape index (κ3) is 5.27. The molecule has 1 aromatic carbocycles. The molecular formula is C23H28N4O4S. The van der Waals surface area contributed by atoms with Gasteiger partial charge in [-0.3, -0.25) is 9.00 Å². The van der Waals surface area contributed by atoms with E-state index in [1.165, 1.54) is 0 Å². The highest BCUT2D eigenvalue weighted by molar-refractivity contribution is 7.84. The number of ether oxygens (including phenoxy) is 1. The molecule has 9 heteroatoms. The SMILES string of the molecule is CS(=O)CCCOc1cccc2c1ccn2-c1ccnc(NC2CCC(C(=O)O)CC2)n1. The molecule has 2 aromatic heterocycles. The molecule has 1 aliphatic rings. The molecule has 8 nitrogen and oxygen atoms in total. The average Bonchev–Trinajstić information content (AvgIpc) is 3.22. The zero-order chi connectivity index (χ0) is 22.5. The smallest absolute Gasteiger partial charge is 0.306 e. The van der Waals surface area contributed by atoms with Crippen molar-refractivity contribution in [3.63, 3.8) is 0 Å². The quantitative estimate of drug-likeness (QED) is 0.474. The Bertz CT molecular complexity index is 1110. The van der Waals surface area contributed by atoms with Gasteiger partial charge in [0.1, 0.15) is 11.6 Å². The van der Waals surface area contributed by atoms with Gasteiger partial charge in [0, 0.05) is 46.6 Å². The van der Waals surface area contributed by atoms with Crippen LogP contribution in [-0.2, 0) is 15.6 Å². The molecule has 0 radical (unpaired) electrons. The highest BCUT2D eigenvalue weighted by Gasteiger charge is 2.26. The van der Waals surface area contributed by atoms with Gasteiger partial charge >= 0.3 is 5.97 Å². The first-order chi connectivity index (χ1) is 15.5. The molecule has 1 unspecified atom stereocenters. The van der Waals surface area contributed by atoms with E-state index < -0.39 is 16.8 Å². The van der Waals surface area contributed by atoms with Gasteiger partial charge in [-0.05, 0) is 56.4 Å². The minimum absolute atomic E-state index is 0.180. The average molecular weight is 457 g/mol. The van der Waals surface area contributed by atoms with Crippen molar-refractivity contribution >= 4 is 33.6 Å². The number of nitrogens with one attached hydrogen (secondary N) is 1. The van der Waals surface area contributed by atoms with E-state index in [4.69, 9.17) is 4.74 Å². The standard InChI is InChI=1S/C23H28N4O4S/c1-32(30)15-3-14-31-20-5-2-4-19-18(20)11-13-27(19)21-10-12-24-23(26-21)25-17-8-6-16(7-9-17)22(28)29/h2,4-5,10-13,16-17H,3,6-9,14-15H2,1H3,(H,28,29)(H,24,25,26). The topological polar surface area (TPSA) is 106 Å². The van der Waals surface area contributed by atoms with Crippen LogP contribution in [0.2, 0.25) is 0 Å². The molecule has 2 N–H and O–H groups in total. The Morgan fingerprint density at radius 3 is 2.81 bits per heavy atom. The molecule has 0 spiro atoms. The van der Waals surface area contributed by atoms with Crippen molar-refractivity contribution in [1.82, 2.24) is 14.5 Å². The predicted molar refractivity (Wildman–Crippen MR) is 125 cm³/mol. The summed E-state index contributed by atoms with van der Waals surface area (Å²) in [6.45, 7) is 0.523. The second-order valence-electron chi connectivity index (χ2n) is 8.12. The molecule has 1 saturated carbocycles. The number of anilines is 1. The van der Waals surface area contributed by atoms with Gasteiger partial charge in [0.15, 0.2) is 0 Å². The summed E-state index contributed by atoms with van der Waals surface area (Å²) in [6, 6.07) is 9.95. The van der Waals surface area contributed by atoms with Crippen LogP contribution in [0, 0.1) is 5.92 Å². The molecule has 170 valence electrons. The first kappa shape index (κ1) is 22.3. The van der Waals surface area contributed by atoms with Crippen molar-refractivity contribution in [3.05, 3.63) is 42.7 Å². The highest BCUT2D eigenvalue weighted by atomic mass is 32.2. The summed E-state index contributed by atoms with van der Waals surface area (Å²) < 4.78 is 19.2. The number of hydrogen-bond acceptors (Lipinski definition) is 6. The van der Waals surface area contributed by atoms with E-state index >= 15 is 0 Å². The largest absolute Gasteiger partial charge is 0.493 e. The Morgan fingerprint density at radius 2 is 2.06 bits per heavy atom. The van der Waals surface area contributed by atoms with Crippen LogP contribution in [0.5, 0.6) is 5.75 Å². The number of aromatic nitrogens is 3. The van der Waals surface area contributed by atoms with Gasteiger partial charge in [-0.25, -0.2) is 4.98 Å². The Kier molecular flexibility index (Phi) is 7.04. The van der Waals surface area contributed by atoms with E-state index in [0.717, 1.165) is 41.7 Å². The van der Waals surface area contributed by atoms with E-state index in [0.29, 0.717) is 31.1 Å². The number of hydrogen-bond donors (Lipinski definition) is 2. The molecule has 1 aliphatic carbocycles. The van der Waals surface area contributed by atoms with Crippen LogP contribution < -0.4 is 10.1 Å². The van der Waals surface area contributed by atoms with Gasteiger partial charge in [-0.1, -0.05) is 6.07 Å².